The van der Waals surface area contributed by atoms with Crippen LogP contribution in [0.4, 0.5) is 18.9 Å². The van der Waals surface area contributed by atoms with Crippen molar-refractivity contribution in [3.8, 4) is 0 Å². The van der Waals surface area contributed by atoms with Gasteiger partial charge < -0.3 is 5.32 Å². The number of carbonyl (C=O) groups excluding carboxylic acids is 1. The highest BCUT2D eigenvalue weighted by molar-refractivity contribution is 14.1. The van der Waals surface area contributed by atoms with E-state index in [0.29, 0.717) is 30.6 Å². The van der Waals surface area contributed by atoms with Crippen LogP contribution in [0.5, 0.6) is 0 Å². The Bertz CT molecular complexity index is 812. The number of thioether (sulfide) groups is 1. The first-order valence-electron chi connectivity index (χ1n) is 7.98. The maximum absolute atomic E-state index is 13.3. The number of anilines is 1. The molecule has 1 aromatic carbocycles. The van der Waals surface area contributed by atoms with Crippen LogP contribution in [-0.2, 0) is 23.8 Å². The van der Waals surface area contributed by atoms with Gasteiger partial charge in [-0.25, -0.2) is 9.97 Å². The summed E-state index contributed by atoms with van der Waals surface area (Å²) in [6.07, 6.45) is -2.11. The predicted molar refractivity (Wildman–Crippen MR) is 102 cm³/mol. The van der Waals surface area contributed by atoms with E-state index >= 15 is 0 Å². The van der Waals surface area contributed by atoms with Gasteiger partial charge in [0.15, 0.2) is 10.9 Å². The molecule has 0 aliphatic heterocycles. The lowest BCUT2D eigenvalue weighted by Gasteiger charge is -2.20. The van der Waals surface area contributed by atoms with E-state index in [1.807, 2.05) is 12.1 Å². The summed E-state index contributed by atoms with van der Waals surface area (Å²) in [6, 6.07) is 7.24. The fraction of sp³-hybridized carbons (Fsp3) is 0.353. The van der Waals surface area contributed by atoms with Crippen LogP contribution in [-0.4, -0.2) is 21.6 Å². The second-order valence-corrected chi connectivity index (χ2v) is 8.02. The summed E-state index contributed by atoms with van der Waals surface area (Å²) >= 11 is 3.07. The molecule has 0 unspecified atom stereocenters. The minimum atomic E-state index is -4.51. The molecule has 1 N–H and O–H groups in total. The van der Waals surface area contributed by atoms with Crippen molar-refractivity contribution in [1.82, 2.24) is 9.97 Å². The molecule has 0 fully saturated rings. The van der Waals surface area contributed by atoms with Crippen molar-refractivity contribution < 1.29 is 18.0 Å². The van der Waals surface area contributed by atoms with Crippen molar-refractivity contribution in [3.05, 3.63) is 44.8 Å². The van der Waals surface area contributed by atoms with E-state index in [2.05, 4.69) is 37.9 Å². The number of aromatic nitrogens is 2. The number of aryl methyl sites for hydroxylation is 1. The summed E-state index contributed by atoms with van der Waals surface area (Å²) in [7, 11) is 0. The standard InChI is InChI=1S/C17H15F3IN3OS/c18-17(19,20)15-12-3-1-2-4-13(12)23-16(24-15)26-9-14(25)22-11-7-5-10(21)6-8-11/h5-8H,1-4,9H2,(H,22,25). The third-order valence-corrected chi connectivity index (χ3v) is 5.46. The monoisotopic (exact) mass is 493 g/mol. The lowest BCUT2D eigenvalue weighted by molar-refractivity contribution is -0.142. The molecule has 9 heteroatoms. The number of halogens is 4. The summed E-state index contributed by atoms with van der Waals surface area (Å²) in [5, 5.41) is 2.70. The zero-order chi connectivity index (χ0) is 18.7. The Kier molecular flexibility index (Phi) is 6.06. The van der Waals surface area contributed by atoms with Crippen LogP contribution in [0.2, 0.25) is 0 Å². The molecule has 0 saturated heterocycles. The van der Waals surface area contributed by atoms with Crippen LogP contribution in [0, 0.1) is 3.57 Å². The Balaban J connectivity index is 1.71. The maximum Gasteiger partial charge on any atom is 0.433 e. The molecule has 0 atom stereocenters. The molecule has 3 rings (SSSR count). The van der Waals surface area contributed by atoms with Gasteiger partial charge in [0.05, 0.1) is 5.75 Å². The van der Waals surface area contributed by atoms with Crippen molar-refractivity contribution in [2.75, 3.05) is 11.1 Å². The third-order valence-electron chi connectivity index (χ3n) is 3.89. The molecule has 0 spiro atoms. The van der Waals surface area contributed by atoms with Gasteiger partial charge >= 0.3 is 6.18 Å². The Morgan fingerprint density at radius 2 is 1.85 bits per heavy atom. The number of benzene rings is 1. The van der Waals surface area contributed by atoms with Gasteiger partial charge in [0.2, 0.25) is 5.91 Å². The van der Waals surface area contributed by atoms with Gasteiger partial charge in [0, 0.05) is 20.5 Å². The number of rotatable bonds is 4. The highest BCUT2D eigenvalue weighted by atomic mass is 127. The van der Waals surface area contributed by atoms with E-state index in [4.69, 9.17) is 0 Å². The number of hydrogen-bond acceptors (Lipinski definition) is 4. The molecule has 26 heavy (non-hydrogen) atoms. The number of carbonyl (C=O) groups is 1. The van der Waals surface area contributed by atoms with Crippen molar-refractivity contribution in [2.45, 2.75) is 37.0 Å². The zero-order valence-electron chi connectivity index (χ0n) is 13.6. The van der Waals surface area contributed by atoms with Gasteiger partial charge in [-0.1, -0.05) is 11.8 Å². The number of fused-ring (bicyclic) bond motifs is 1. The van der Waals surface area contributed by atoms with E-state index in [0.717, 1.165) is 21.8 Å². The highest BCUT2D eigenvalue weighted by Crippen LogP contribution is 2.35. The Hall–Kier alpha value is -1.36. The van der Waals surface area contributed by atoms with Crippen LogP contribution in [0.1, 0.15) is 29.8 Å². The first kappa shape index (κ1) is 19.4. The SMILES string of the molecule is O=C(CSc1nc2c(c(C(F)(F)F)n1)CCCC2)Nc1ccc(I)cc1. The fourth-order valence-electron chi connectivity index (χ4n) is 2.73. The maximum atomic E-state index is 13.3. The van der Waals surface area contributed by atoms with Gasteiger partial charge in [-0.15, -0.1) is 0 Å². The largest absolute Gasteiger partial charge is 0.433 e. The minimum absolute atomic E-state index is 0.00395. The van der Waals surface area contributed by atoms with Crippen molar-refractivity contribution >= 4 is 45.9 Å². The molecule has 1 heterocycles. The zero-order valence-corrected chi connectivity index (χ0v) is 16.5. The summed E-state index contributed by atoms with van der Waals surface area (Å²) in [6.45, 7) is 0. The minimum Gasteiger partial charge on any atom is -0.325 e. The van der Waals surface area contributed by atoms with Crippen LogP contribution in [0.3, 0.4) is 0 Å². The predicted octanol–water partition coefficient (Wildman–Crippen LogP) is 4.71. The van der Waals surface area contributed by atoms with E-state index < -0.39 is 11.9 Å². The smallest absolute Gasteiger partial charge is 0.325 e. The fourth-order valence-corrected chi connectivity index (χ4v) is 3.75. The second-order valence-electron chi connectivity index (χ2n) is 5.83. The van der Waals surface area contributed by atoms with Crippen molar-refractivity contribution in [2.24, 2.45) is 0 Å². The van der Waals surface area contributed by atoms with E-state index in [9.17, 15) is 18.0 Å². The van der Waals surface area contributed by atoms with E-state index in [-0.39, 0.29) is 22.4 Å². The number of alkyl halides is 3. The molecule has 0 bridgehead atoms. The third kappa shape index (κ3) is 4.87. The van der Waals surface area contributed by atoms with E-state index in [1.165, 1.54) is 0 Å². The lowest BCUT2D eigenvalue weighted by atomic mass is 9.94. The summed E-state index contributed by atoms with van der Waals surface area (Å²) in [5.41, 5.74) is 0.441. The molecule has 0 radical (unpaired) electrons. The molecule has 1 aliphatic carbocycles. The van der Waals surface area contributed by atoms with Crippen LogP contribution >= 0.6 is 34.4 Å². The molecule has 138 valence electrons. The van der Waals surface area contributed by atoms with Crippen LogP contribution in [0.25, 0.3) is 0 Å². The molecule has 1 aliphatic rings. The first-order valence-corrected chi connectivity index (χ1v) is 10.0. The van der Waals surface area contributed by atoms with Gasteiger partial charge in [0.25, 0.3) is 0 Å². The molecular formula is C17H15F3IN3OS. The molecule has 4 nitrogen and oxygen atoms in total. The van der Waals surface area contributed by atoms with Gasteiger partial charge in [-0.2, -0.15) is 13.2 Å². The highest BCUT2D eigenvalue weighted by Gasteiger charge is 2.38. The van der Waals surface area contributed by atoms with Crippen molar-refractivity contribution in [3.63, 3.8) is 0 Å². The normalized spacial score (nSPS) is 14.0. The number of hydrogen-bond donors (Lipinski definition) is 1. The van der Waals surface area contributed by atoms with E-state index in [1.54, 1.807) is 12.1 Å². The lowest BCUT2D eigenvalue weighted by Crippen LogP contribution is -2.20. The first-order chi connectivity index (χ1) is 12.3. The average molecular weight is 493 g/mol. The second kappa shape index (κ2) is 8.12. The molecule has 1 amide bonds. The molecular weight excluding hydrogens is 478 g/mol. The average Bonchev–Trinajstić information content (AvgIpc) is 2.60. The Labute approximate surface area is 166 Å². The molecule has 0 saturated carbocycles. The quantitative estimate of drug-likeness (QED) is 0.381. The number of amides is 1. The van der Waals surface area contributed by atoms with Crippen LogP contribution in [0.15, 0.2) is 29.4 Å². The Morgan fingerprint density at radius 3 is 2.54 bits per heavy atom. The summed E-state index contributed by atoms with van der Waals surface area (Å²) < 4.78 is 40.9. The van der Waals surface area contributed by atoms with Gasteiger partial charge in [-0.3, -0.25) is 4.79 Å². The Morgan fingerprint density at radius 1 is 1.15 bits per heavy atom. The number of nitrogens with one attached hydrogen (secondary N) is 1. The van der Waals surface area contributed by atoms with Gasteiger partial charge in [-0.05, 0) is 72.5 Å². The summed E-state index contributed by atoms with van der Waals surface area (Å²) in [5.74, 6) is -0.367. The van der Waals surface area contributed by atoms with Gasteiger partial charge in [0.1, 0.15) is 0 Å². The number of nitrogens with zero attached hydrogens (tertiary/aromatic N) is 2. The van der Waals surface area contributed by atoms with Crippen LogP contribution < -0.4 is 5.32 Å². The topological polar surface area (TPSA) is 54.9 Å². The molecule has 2 aromatic rings. The summed E-state index contributed by atoms with van der Waals surface area (Å²) in [4.78, 5) is 20.0. The molecule has 1 aromatic heterocycles. The van der Waals surface area contributed by atoms with Crippen molar-refractivity contribution in [1.29, 1.82) is 0 Å².